The highest BCUT2D eigenvalue weighted by molar-refractivity contribution is 8.00. The number of pyridine rings is 1. The molecule has 2 aromatic rings. The minimum Gasteiger partial charge on any atom is -0.264 e. The Morgan fingerprint density at radius 2 is 2.38 bits per heavy atom. The van der Waals surface area contributed by atoms with Gasteiger partial charge in [-0.25, -0.2) is 4.98 Å². The summed E-state index contributed by atoms with van der Waals surface area (Å²) in [4.78, 5) is 8.49. The minimum atomic E-state index is 1.02. The van der Waals surface area contributed by atoms with Crippen molar-refractivity contribution in [2.45, 2.75) is 4.34 Å². The lowest BCUT2D eigenvalue weighted by molar-refractivity contribution is 1.24. The summed E-state index contributed by atoms with van der Waals surface area (Å²) in [6.45, 7) is 0. The van der Waals surface area contributed by atoms with E-state index < -0.39 is 0 Å². The number of rotatable bonds is 2. The van der Waals surface area contributed by atoms with Crippen molar-refractivity contribution in [3.8, 4) is 11.3 Å². The van der Waals surface area contributed by atoms with E-state index in [9.17, 15) is 0 Å². The van der Waals surface area contributed by atoms with Gasteiger partial charge in [0.15, 0.2) is 0 Å². The van der Waals surface area contributed by atoms with Gasteiger partial charge in [0.25, 0.3) is 0 Å². The molecule has 0 N–H and O–H groups in total. The van der Waals surface area contributed by atoms with Crippen molar-refractivity contribution in [3.05, 3.63) is 29.9 Å². The fraction of sp³-hybridized carbons (Fsp3) is 0.111. The van der Waals surface area contributed by atoms with Gasteiger partial charge in [-0.05, 0) is 18.4 Å². The van der Waals surface area contributed by atoms with Gasteiger partial charge >= 0.3 is 0 Å². The van der Waals surface area contributed by atoms with Gasteiger partial charge < -0.3 is 0 Å². The van der Waals surface area contributed by atoms with Crippen molar-refractivity contribution in [3.63, 3.8) is 0 Å². The van der Waals surface area contributed by atoms with Gasteiger partial charge in [0.2, 0.25) is 0 Å². The molecule has 66 valence electrons. The zero-order chi connectivity index (χ0) is 9.10. The van der Waals surface area contributed by atoms with E-state index in [0.29, 0.717) is 0 Å². The Bertz CT molecular complexity index is 384. The van der Waals surface area contributed by atoms with Gasteiger partial charge in [-0.1, -0.05) is 11.8 Å². The smallest absolute Gasteiger partial charge is 0.150 e. The zero-order valence-corrected chi connectivity index (χ0v) is 8.73. The van der Waals surface area contributed by atoms with Crippen LogP contribution in [0.2, 0.25) is 0 Å². The van der Waals surface area contributed by atoms with Crippen molar-refractivity contribution in [2.75, 3.05) is 6.26 Å². The lowest BCUT2D eigenvalue weighted by atomic mass is 10.2. The predicted molar refractivity (Wildman–Crippen MR) is 57.1 cm³/mol. The summed E-state index contributed by atoms with van der Waals surface area (Å²) in [5, 5.41) is 2.06. The highest BCUT2D eigenvalue weighted by Gasteiger charge is 2.02. The Morgan fingerprint density at radius 1 is 1.46 bits per heavy atom. The van der Waals surface area contributed by atoms with Crippen molar-refractivity contribution in [2.24, 2.45) is 0 Å². The average Bonchev–Trinajstić information content (AvgIpc) is 2.67. The monoisotopic (exact) mass is 208 g/mol. The van der Waals surface area contributed by atoms with Crippen LogP contribution in [0.4, 0.5) is 0 Å². The molecule has 0 saturated carbocycles. The normalized spacial score (nSPS) is 10.2. The molecule has 0 spiro atoms. The molecule has 2 aromatic heterocycles. The molecule has 13 heavy (non-hydrogen) atoms. The molecule has 0 fully saturated rings. The fourth-order valence-corrected chi connectivity index (χ4v) is 2.27. The van der Waals surface area contributed by atoms with E-state index in [1.54, 1.807) is 29.3 Å². The van der Waals surface area contributed by atoms with E-state index in [-0.39, 0.29) is 0 Å². The Balaban J connectivity index is 2.36. The van der Waals surface area contributed by atoms with E-state index >= 15 is 0 Å². The van der Waals surface area contributed by atoms with Gasteiger partial charge in [0, 0.05) is 23.3 Å². The molecule has 4 heteroatoms. The highest BCUT2D eigenvalue weighted by atomic mass is 32.2. The molecule has 0 radical (unpaired) electrons. The summed E-state index contributed by atoms with van der Waals surface area (Å²) in [5.74, 6) is 0. The van der Waals surface area contributed by atoms with Crippen LogP contribution in [0.3, 0.4) is 0 Å². The lowest BCUT2D eigenvalue weighted by Crippen LogP contribution is -1.78. The highest BCUT2D eigenvalue weighted by Crippen LogP contribution is 2.25. The molecule has 0 aromatic carbocycles. The number of thioether (sulfide) groups is 1. The third kappa shape index (κ3) is 1.89. The number of hydrogen-bond acceptors (Lipinski definition) is 4. The Kier molecular flexibility index (Phi) is 2.61. The third-order valence-electron chi connectivity index (χ3n) is 1.62. The second-order valence-corrected chi connectivity index (χ2v) is 4.36. The molecule has 0 unspecified atom stereocenters. The lowest BCUT2D eigenvalue weighted by Gasteiger charge is -1.92. The van der Waals surface area contributed by atoms with Gasteiger partial charge in [-0.3, -0.25) is 4.98 Å². The molecule has 0 aliphatic rings. The van der Waals surface area contributed by atoms with Crippen LogP contribution in [0.15, 0.2) is 34.2 Å². The van der Waals surface area contributed by atoms with Crippen LogP contribution in [0.25, 0.3) is 11.3 Å². The van der Waals surface area contributed by atoms with E-state index in [4.69, 9.17) is 0 Å². The first-order valence-electron chi connectivity index (χ1n) is 3.80. The molecular formula is C9H8N2S2. The first kappa shape index (κ1) is 8.72. The zero-order valence-electron chi connectivity index (χ0n) is 7.10. The maximum absolute atomic E-state index is 4.44. The van der Waals surface area contributed by atoms with Crippen LogP contribution in [-0.4, -0.2) is 16.2 Å². The number of thiazole rings is 1. The maximum Gasteiger partial charge on any atom is 0.150 e. The molecule has 2 heterocycles. The molecule has 0 amide bonds. The Hall–Kier alpha value is -0.870. The van der Waals surface area contributed by atoms with E-state index in [1.807, 2.05) is 24.6 Å². The SMILES string of the molecule is CSc1nc(-c2cccnc2)cs1. The molecular weight excluding hydrogens is 200 g/mol. The summed E-state index contributed by atoms with van der Waals surface area (Å²) in [6, 6.07) is 3.94. The van der Waals surface area contributed by atoms with Gasteiger partial charge in [-0.15, -0.1) is 11.3 Å². The van der Waals surface area contributed by atoms with Gasteiger partial charge in [0.05, 0.1) is 5.69 Å². The Morgan fingerprint density at radius 3 is 3.00 bits per heavy atom. The van der Waals surface area contributed by atoms with Crippen LogP contribution in [0, 0.1) is 0 Å². The van der Waals surface area contributed by atoms with Crippen LogP contribution in [-0.2, 0) is 0 Å². The number of aromatic nitrogens is 2. The quantitative estimate of drug-likeness (QED) is 0.710. The molecule has 0 saturated heterocycles. The number of hydrogen-bond donors (Lipinski definition) is 0. The average molecular weight is 208 g/mol. The Labute approximate surface area is 85.1 Å². The van der Waals surface area contributed by atoms with E-state index in [2.05, 4.69) is 15.3 Å². The minimum absolute atomic E-state index is 1.02. The van der Waals surface area contributed by atoms with Crippen molar-refractivity contribution in [1.29, 1.82) is 0 Å². The first-order chi connectivity index (χ1) is 6.40. The summed E-state index contributed by atoms with van der Waals surface area (Å²) >= 11 is 3.34. The predicted octanol–water partition coefficient (Wildman–Crippen LogP) is 2.93. The van der Waals surface area contributed by atoms with Crippen LogP contribution < -0.4 is 0 Å². The van der Waals surface area contributed by atoms with Crippen molar-refractivity contribution in [1.82, 2.24) is 9.97 Å². The molecule has 2 rings (SSSR count). The summed E-state index contributed by atoms with van der Waals surface area (Å²) in [7, 11) is 0. The number of nitrogens with zero attached hydrogens (tertiary/aromatic N) is 2. The fourth-order valence-electron chi connectivity index (χ4n) is 0.998. The molecule has 0 bridgehead atoms. The summed E-state index contributed by atoms with van der Waals surface area (Å²) in [6.07, 6.45) is 5.64. The van der Waals surface area contributed by atoms with E-state index in [0.717, 1.165) is 15.6 Å². The van der Waals surface area contributed by atoms with Crippen LogP contribution in [0.5, 0.6) is 0 Å². The van der Waals surface area contributed by atoms with Gasteiger partial charge in [-0.2, -0.15) is 0 Å². The second-order valence-electron chi connectivity index (χ2n) is 2.44. The topological polar surface area (TPSA) is 25.8 Å². The van der Waals surface area contributed by atoms with Crippen LogP contribution in [0.1, 0.15) is 0 Å². The molecule has 0 aliphatic heterocycles. The summed E-state index contributed by atoms with van der Waals surface area (Å²) in [5.41, 5.74) is 2.10. The first-order valence-corrected chi connectivity index (χ1v) is 5.90. The molecule has 0 atom stereocenters. The second kappa shape index (κ2) is 3.89. The van der Waals surface area contributed by atoms with Gasteiger partial charge in [0.1, 0.15) is 4.34 Å². The summed E-state index contributed by atoms with van der Waals surface area (Å²) < 4.78 is 1.10. The molecule has 2 nitrogen and oxygen atoms in total. The maximum atomic E-state index is 4.44. The van der Waals surface area contributed by atoms with Crippen LogP contribution >= 0.6 is 23.1 Å². The molecule has 0 aliphatic carbocycles. The largest absolute Gasteiger partial charge is 0.264 e. The van der Waals surface area contributed by atoms with Crippen molar-refractivity contribution < 1.29 is 0 Å². The third-order valence-corrected chi connectivity index (χ3v) is 3.48. The van der Waals surface area contributed by atoms with Crippen molar-refractivity contribution >= 4 is 23.1 Å². The van der Waals surface area contributed by atoms with E-state index in [1.165, 1.54) is 0 Å². The standard InChI is InChI=1S/C9H8N2S2/c1-12-9-11-8(6-13-9)7-3-2-4-10-5-7/h2-6H,1H3.